The molecule has 134 valence electrons. The van der Waals surface area contributed by atoms with Crippen LogP contribution in [-0.2, 0) is 12.7 Å². The van der Waals surface area contributed by atoms with Crippen LogP contribution in [0.4, 0.5) is 13.2 Å². The average molecular weight is 389 g/mol. The Kier molecular flexibility index (Phi) is 5.19. The Morgan fingerprint density at radius 1 is 1.44 bits per heavy atom. The number of halogens is 4. The number of rotatable bonds is 4. The van der Waals surface area contributed by atoms with Crippen LogP contribution in [-0.4, -0.2) is 24.0 Å². The van der Waals surface area contributed by atoms with E-state index in [4.69, 9.17) is 11.6 Å². The van der Waals surface area contributed by atoms with Gasteiger partial charge in [-0.1, -0.05) is 23.7 Å². The van der Waals surface area contributed by atoms with Crippen molar-refractivity contribution in [3.05, 3.63) is 50.9 Å². The van der Waals surface area contributed by atoms with Crippen molar-refractivity contribution in [1.29, 1.82) is 0 Å². The number of hydrogen-bond acceptors (Lipinski definition) is 3. The highest BCUT2D eigenvalue weighted by atomic mass is 35.5. The van der Waals surface area contributed by atoms with Crippen molar-refractivity contribution in [2.45, 2.75) is 31.1 Å². The molecule has 1 aliphatic carbocycles. The summed E-state index contributed by atoms with van der Waals surface area (Å²) in [6.07, 6.45) is -3.45. The number of aromatic nitrogens is 1. The van der Waals surface area contributed by atoms with E-state index < -0.39 is 11.9 Å². The fraction of sp³-hybridized carbons (Fsp3) is 0.375. The zero-order valence-electron chi connectivity index (χ0n) is 13.3. The van der Waals surface area contributed by atoms with Gasteiger partial charge in [-0.15, -0.1) is 11.3 Å². The lowest BCUT2D eigenvalue weighted by Gasteiger charge is -2.11. The Hall–Kier alpha value is -1.80. The molecule has 0 amide bonds. The first-order valence-corrected chi connectivity index (χ1v) is 8.87. The second-order valence-electron chi connectivity index (χ2n) is 5.70. The summed E-state index contributed by atoms with van der Waals surface area (Å²) < 4.78 is 37.7. The van der Waals surface area contributed by atoms with E-state index in [9.17, 15) is 13.2 Å². The second-order valence-corrected chi connectivity index (χ2v) is 7.08. The lowest BCUT2D eigenvalue weighted by Crippen LogP contribution is -2.38. The Labute approximate surface area is 152 Å². The van der Waals surface area contributed by atoms with Gasteiger partial charge in [0.1, 0.15) is 5.01 Å². The molecule has 2 atom stereocenters. The molecule has 25 heavy (non-hydrogen) atoms. The molecule has 1 aliphatic rings. The first-order chi connectivity index (χ1) is 11.9. The number of alkyl halides is 3. The van der Waals surface area contributed by atoms with E-state index in [1.807, 2.05) is 24.3 Å². The lowest BCUT2D eigenvalue weighted by molar-refractivity contribution is -0.140. The molecule has 1 heterocycles. The number of guanidine groups is 1. The highest BCUT2D eigenvalue weighted by molar-refractivity contribution is 7.09. The number of thiazole rings is 1. The van der Waals surface area contributed by atoms with E-state index in [0.717, 1.165) is 28.7 Å². The van der Waals surface area contributed by atoms with E-state index in [1.54, 1.807) is 7.05 Å². The maximum absolute atomic E-state index is 12.6. The predicted octanol–water partition coefficient (Wildman–Crippen LogP) is 4.04. The van der Waals surface area contributed by atoms with E-state index >= 15 is 0 Å². The van der Waals surface area contributed by atoms with Gasteiger partial charge in [0.05, 0.1) is 6.54 Å². The van der Waals surface area contributed by atoms with Crippen LogP contribution in [0.5, 0.6) is 0 Å². The molecule has 2 unspecified atom stereocenters. The minimum atomic E-state index is -4.41. The van der Waals surface area contributed by atoms with Crippen molar-refractivity contribution in [1.82, 2.24) is 15.6 Å². The molecule has 1 saturated carbocycles. The first kappa shape index (κ1) is 18.0. The highest BCUT2D eigenvalue weighted by Crippen LogP contribution is 2.41. The zero-order valence-corrected chi connectivity index (χ0v) is 14.8. The predicted molar refractivity (Wildman–Crippen MR) is 93.0 cm³/mol. The van der Waals surface area contributed by atoms with Crippen LogP contribution in [0, 0.1) is 0 Å². The largest absolute Gasteiger partial charge is 0.434 e. The van der Waals surface area contributed by atoms with Gasteiger partial charge >= 0.3 is 6.18 Å². The molecule has 2 N–H and O–H groups in total. The van der Waals surface area contributed by atoms with Crippen molar-refractivity contribution in [2.24, 2.45) is 4.99 Å². The summed E-state index contributed by atoms with van der Waals surface area (Å²) in [6, 6.07) is 7.95. The Bertz CT molecular complexity index is 775. The number of aliphatic imine (C=N–C) groups is 1. The summed E-state index contributed by atoms with van der Waals surface area (Å²) in [5.74, 6) is 0.896. The van der Waals surface area contributed by atoms with Gasteiger partial charge in [-0.2, -0.15) is 13.2 Å². The SMILES string of the molecule is CN=C(NCc1nc(C(F)(F)F)cs1)NC1CC1c1cccc(Cl)c1. The van der Waals surface area contributed by atoms with Crippen LogP contribution in [0.2, 0.25) is 5.02 Å². The van der Waals surface area contributed by atoms with Gasteiger partial charge in [0.15, 0.2) is 11.7 Å². The van der Waals surface area contributed by atoms with E-state index in [1.165, 1.54) is 0 Å². The van der Waals surface area contributed by atoms with Gasteiger partial charge in [-0.3, -0.25) is 4.99 Å². The molecule has 0 bridgehead atoms. The monoisotopic (exact) mass is 388 g/mol. The van der Waals surface area contributed by atoms with Crippen molar-refractivity contribution in [3.8, 4) is 0 Å². The van der Waals surface area contributed by atoms with Crippen LogP contribution in [0.25, 0.3) is 0 Å². The number of hydrogen-bond donors (Lipinski definition) is 2. The molecular weight excluding hydrogens is 373 g/mol. The molecule has 0 aliphatic heterocycles. The van der Waals surface area contributed by atoms with Crippen LogP contribution in [0.15, 0.2) is 34.6 Å². The number of nitrogens with one attached hydrogen (secondary N) is 2. The van der Waals surface area contributed by atoms with Crippen LogP contribution < -0.4 is 10.6 Å². The van der Waals surface area contributed by atoms with Crippen LogP contribution in [0.1, 0.15) is 28.6 Å². The molecule has 4 nitrogen and oxygen atoms in total. The third-order valence-electron chi connectivity index (χ3n) is 3.86. The van der Waals surface area contributed by atoms with Gasteiger partial charge in [-0.25, -0.2) is 4.98 Å². The minimum Gasteiger partial charge on any atom is -0.353 e. The van der Waals surface area contributed by atoms with Gasteiger partial charge < -0.3 is 10.6 Å². The third kappa shape index (κ3) is 4.64. The molecule has 1 aromatic heterocycles. The second kappa shape index (κ2) is 7.21. The molecule has 0 saturated heterocycles. The maximum atomic E-state index is 12.6. The van der Waals surface area contributed by atoms with E-state index in [-0.39, 0.29) is 12.6 Å². The van der Waals surface area contributed by atoms with Gasteiger partial charge in [0, 0.05) is 29.4 Å². The van der Waals surface area contributed by atoms with Crippen molar-refractivity contribution in [2.75, 3.05) is 7.05 Å². The molecule has 0 spiro atoms. The van der Waals surface area contributed by atoms with Gasteiger partial charge in [0.2, 0.25) is 0 Å². The third-order valence-corrected chi connectivity index (χ3v) is 4.95. The summed E-state index contributed by atoms with van der Waals surface area (Å²) in [5, 5.41) is 8.34. The zero-order chi connectivity index (χ0) is 18.0. The summed E-state index contributed by atoms with van der Waals surface area (Å²) in [4.78, 5) is 7.70. The van der Waals surface area contributed by atoms with Crippen molar-refractivity contribution < 1.29 is 13.2 Å². The van der Waals surface area contributed by atoms with Crippen molar-refractivity contribution >= 4 is 28.9 Å². The molecule has 2 aromatic rings. The number of benzene rings is 1. The normalized spacial score (nSPS) is 20.4. The van der Waals surface area contributed by atoms with E-state index in [0.29, 0.717) is 21.9 Å². The fourth-order valence-corrected chi connectivity index (χ4v) is 3.45. The molecule has 1 aromatic carbocycles. The Morgan fingerprint density at radius 2 is 2.24 bits per heavy atom. The summed E-state index contributed by atoms with van der Waals surface area (Å²) in [6.45, 7) is 0.189. The molecule has 3 rings (SSSR count). The molecule has 9 heteroatoms. The topological polar surface area (TPSA) is 49.3 Å². The fourth-order valence-electron chi connectivity index (χ4n) is 2.51. The Balaban J connectivity index is 1.52. The highest BCUT2D eigenvalue weighted by Gasteiger charge is 2.39. The standard InChI is InChI=1S/C16H16ClF3N4S/c1-21-15(22-7-14-24-13(8-25-14)16(18,19)20)23-12-6-11(12)9-3-2-4-10(17)5-9/h2-5,8,11-12H,6-7H2,1H3,(H2,21,22,23). The maximum Gasteiger partial charge on any atom is 0.434 e. The molecular formula is C16H16ClF3N4S. The minimum absolute atomic E-state index is 0.189. The summed E-state index contributed by atoms with van der Waals surface area (Å²) in [7, 11) is 1.62. The van der Waals surface area contributed by atoms with Gasteiger partial charge in [0.25, 0.3) is 0 Å². The Morgan fingerprint density at radius 3 is 2.88 bits per heavy atom. The quantitative estimate of drug-likeness (QED) is 0.614. The number of nitrogens with zero attached hydrogens (tertiary/aromatic N) is 2. The van der Waals surface area contributed by atoms with Crippen LogP contribution >= 0.6 is 22.9 Å². The lowest BCUT2D eigenvalue weighted by atomic mass is 10.1. The summed E-state index contributed by atoms with van der Waals surface area (Å²) >= 11 is 6.98. The van der Waals surface area contributed by atoms with Crippen LogP contribution in [0.3, 0.4) is 0 Å². The summed E-state index contributed by atoms with van der Waals surface area (Å²) in [5.41, 5.74) is 0.302. The molecule has 0 radical (unpaired) electrons. The van der Waals surface area contributed by atoms with Gasteiger partial charge in [-0.05, 0) is 24.1 Å². The van der Waals surface area contributed by atoms with E-state index in [2.05, 4.69) is 20.6 Å². The average Bonchev–Trinajstić information content (AvgIpc) is 3.14. The first-order valence-electron chi connectivity index (χ1n) is 7.61. The molecule has 1 fully saturated rings. The van der Waals surface area contributed by atoms with Crippen molar-refractivity contribution in [3.63, 3.8) is 0 Å². The smallest absolute Gasteiger partial charge is 0.353 e.